The molecule has 0 aliphatic heterocycles. The molecule has 29 heavy (non-hydrogen) atoms. The fourth-order valence-electron chi connectivity index (χ4n) is 2.86. The van der Waals surface area contributed by atoms with E-state index in [1.165, 1.54) is 11.3 Å². The van der Waals surface area contributed by atoms with Crippen molar-refractivity contribution >= 4 is 56.5 Å². The summed E-state index contributed by atoms with van der Waals surface area (Å²) < 4.78 is 2.46. The highest BCUT2D eigenvalue weighted by atomic mass is 35.5. The Morgan fingerprint density at radius 3 is 2.52 bits per heavy atom. The van der Waals surface area contributed by atoms with Crippen molar-refractivity contribution in [1.29, 1.82) is 0 Å². The number of hydrogen-bond acceptors (Lipinski definition) is 4. The maximum absolute atomic E-state index is 12.6. The average molecular weight is 441 g/mol. The predicted octanol–water partition coefficient (Wildman–Crippen LogP) is 5.80. The number of nitrogens with one attached hydrogen (secondary N) is 1. The van der Waals surface area contributed by atoms with Crippen LogP contribution in [-0.4, -0.2) is 10.5 Å². The minimum Gasteiger partial charge on any atom is -0.322 e. The minimum atomic E-state index is -0.176. The van der Waals surface area contributed by atoms with Gasteiger partial charge in [0.05, 0.1) is 10.2 Å². The molecule has 4 nitrogen and oxygen atoms in total. The molecule has 0 unspecified atom stereocenters. The van der Waals surface area contributed by atoms with Gasteiger partial charge in [0.1, 0.15) is 0 Å². The number of thiazole rings is 1. The van der Waals surface area contributed by atoms with Gasteiger partial charge in [-0.3, -0.25) is 9.59 Å². The van der Waals surface area contributed by atoms with Crippen molar-refractivity contribution in [3.05, 3.63) is 92.5 Å². The van der Waals surface area contributed by atoms with Crippen LogP contribution in [0.25, 0.3) is 10.2 Å². The number of amides is 1. The van der Waals surface area contributed by atoms with Crippen LogP contribution < -0.4 is 10.2 Å². The third kappa shape index (κ3) is 4.56. The lowest BCUT2D eigenvalue weighted by Gasteiger charge is -2.07. The molecule has 1 N–H and O–H groups in total. The van der Waals surface area contributed by atoms with Crippen LogP contribution in [0.15, 0.2) is 76.4 Å². The number of aryl methyl sites for hydroxylation is 1. The van der Waals surface area contributed by atoms with Gasteiger partial charge in [0.2, 0.25) is 0 Å². The van der Waals surface area contributed by atoms with Gasteiger partial charge in [-0.15, -0.1) is 11.8 Å². The summed E-state index contributed by atoms with van der Waals surface area (Å²) in [6.45, 7) is 0. The molecule has 0 saturated heterocycles. The molecule has 0 atom stereocenters. The summed E-state index contributed by atoms with van der Waals surface area (Å²) in [4.78, 5) is 25.5. The van der Waals surface area contributed by atoms with Gasteiger partial charge >= 0.3 is 4.87 Å². The third-order valence-corrected chi connectivity index (χ3v) is 6.82. The smallest absolute Gasteiger partial charge is 0.307 e. The van der Waals surface area contributed by atoms with Crippen LogP contribution in [0, 0.1) is 0 Å². The first-order chi connectivity index (χ1) is 14.0. The van der Waals surface area contributed by atoms with E-state index in [4.69, 9.17) is 11.6 Å². The molecule has 146 valence electrons. The van der Waals surface area contributed by atoms with Crippen LogP contribution in [0.4, 0.5) is 5.69 Å². The molecule has 0 aliphatic carbocycles. The fraction of sp³-hybridized carbons (Fsp3) is 0.0909. The highest BCUT2D eigenvalue weighted by molar-refractivity contribution is 7.98. The molecule has 1 aromatic heterocycles. The van der Waals surface area contributed by atoms with Gasteiger partial charge in [-0.05, 0) is 60.2 Å². The van der Waals surface area contributed by atoms with Crippen LogP contribution >= 0.6 is 34.7 Å². The van der Waals surface area contributed by atoms with Gasteiger partial charge in [0.15, 0.2) is 0 Å². The molecule has 0 radical (unpaired) electrons. The first-order valence-electron chi connectivity index (χ1n) is 8.88. The molecular weight excluding hydrogens is 424 g/mol. The highest BCUT2D eigenvalue weighted by Crippen LogP contribution is 2.25. The maximum Gasteiger partial charge on any atom is 0.307 e. The topological polar surface area (TPSA) is 51.1 Å². The predicted molar refractivity (Wildman–Crippen MR) is 122 cm³/mol. The van der Waals surface area contributed by atoms with E-state index in [-0.39, 0.29) is 10.8 Å². The number of hydrogen-bond donors (Lipinski definition) is 1. The Morgan fingerprint density at radius 2 is 1.79 bits per heavy atom. The van der Waals surface area contributed by atoms with Crippen LogP contribution in [0.5, 0.6) is 0 Å². The standard InChI is InChI=1S/C22H17ClN2O2S2/c1-25-19-11-8-17(12-20(19)29-22(25)27)24-21(26)15-4-2-14(3-5-15)13-28-18-9-6-16(23)7-10-18/h2-12H,13H2,1H3,(H,24,26). The highest BCUT2D eigenvalue weighted by Gasteiger charge is 2.09. The number of fused-ring (bicyclic) bond motifs is 1. The Morgan fingerprint density at radius 1 is 1.07 bits per heavy atom. The number of thioether (sulfide) groups is 1. The Balaban J connectivity index is 1.41. The first kappa shape index (κ1) is 19.8. The van der Waals surface area contributed by atoms with Crippen LogP contribution in [-0.2, 0) is 12.8 Å². The Labute approximate surface area is 181 Å². The molecule has 0 saturated carbocycles. The zero-order chi connectivity index (χ0) is 20.4. The molecule has 4 rings (SSSR count). The Kier molecular flexibility index (Phi) is 5.76. The van der Waals surface area contributed by atoms with Crippen molar-refractivity contribution in [1.82, 2.24) is 4.57 Å². The zero-order valence-corrected chi connectivity index (χ0v) is 17.9. The van der Waals surface area contributed by atoms with Gasteiger partial charge in [-0.25, -0.2) is 0 Å². The summed E-state index contributed by atoms with van der Waals surface area (Å²) in [5.41, 5.74) is 3.26. The van der Waals surface area contributed by atoms with E-state index in [2.05, 4.69) is 5.32 Å². The lowest BCUT2D eigenvalue weighted by molar-refractivity contribution is 0.102. The molecule has 1 heterocycles. The summed E-state index contributed by atoms with van der Waals surface area (Å²) in [7, 11) is 1.74. The number of nitrogens with zero attached hydrogens (tertiary/aromatic N) is 1. The molecule has 0 fully saturated rings. The summed E-state index contributed by atoms with van der Waals surface area (Å²) >= 11 is 8.80. The molecule has 0 bridgehead atoms. The third-order valence-electron chi connectivity index (χ3n) is 4.49. The van der Waals surface area contributed by atoms with Crippen molar-refractivity contribution in [2.75, 3.05) is 5.32 Å². The van der Waals surface area contributed by atoms with E-state index in [1.807, 2.05) is 66.7 Å². The monoisotopic (exact) mass is 440 g/mol. The van der Waals surface area contributed by atoms with Crippen molar-refractivity contribution in [3.63, 3.8) is 0 Å². The van der Waals surface area contributed by atoms with Crippen molar-refractivity contribution < 1.29 is 4.79 Å². The van der Waals surface area contributed by atoms with Crippen LogP contribution in [0.3, 0.4) is 0 Å². The van der Waals surface area contributed by atoms with E-state index in [0.717, 1.165) is 31.5 Å². The van der Waals surface area contributed by atoms with Gasteiger partial charge in [-0.2, -0.15) is 0 Å². The van der Waals surface area contributed by atoms with Crippen molar-refractivity contribution in [2.24, 2.45) is 7.05 Å². The second-order valence-corrected chi connectivity index (χ2v) is 8.98. The molecule has 4 aromatic rings. The van der Waals surface area contributed by atoms with Gasteiger partial charge in [0.25, 0.3) is 5.91 Å². The number of carbonyl (C=O) groups is 1. The van der Waals surface area contributed by atoms with Crippen molar-refractivity contribution in [2.45, 2.75) is 10.6 Å². The van der Waals surface area contributed by atoms with Crippen LogP contribution in [0.2, 0.25) is 5.02 Å². The number of aromatic nitrogens is 1. The van der Waals surface area contributed by atoms with Gasteiger partial charge < -0.3 is 9.88 Å². The van der Waals surface area contributed by atoms with Crippen LogP contribution in [0.1, 0.15) is 15.9 Å². The summed E-state index contributed by atoms with van der Waals surface area (Å²) in [6, 6.07) is 20.8. The second kappa shape index (κ2) is 8.45. The van der Waals surface area contributed by atoms with Gasteiger partial charge in [-0.1, -0.05) is 35.1 Å². The number of halogens is 1. The number of anilines is 1. The second-order valence-electron chi connectivity index (χ2n) is 6.50. The van der Waals surface area contributed by atoms with Gasteiger partial charge in [0, 0.05) is 34.0 Å². The molecule has 1 amide bonds. The molecule has 7 heteroatoms. The van der Waals surface area contributed by atoms with E-state index >= 15 is 0 Å². The molecular formula is C22H17ClN2O2S2. The Hall–Kier alpha value is -2.54. The Bertz CT molecular complexity index is 1230. The zero-order valence-electron chi connectivity index (χ0n) is 15.5. The lowest BCUT2D eigenvalue weighted by atomic mass is 10.1. The maximum atomic E-state index is 12.6. The quantitative estimate of drug-likeness (QED) is 0.399. The molecule has 0 aliphatic rings. The largest absolute Gasteiger partial charge is 0.322 e. The minimum absolute atomic E-state index is 0.0180. The van der Waals surface area contributed by atoms with E-state index in [9.17, 15) is 9.59 Å². The van der Waals surface area contributed by atoms with E-state index < -0.39 is 0 Å². The van der Waals surface area contributed by atoms with E-state index in [0.29, 0.717) is 11.3 Å². The number of carbonyl (C=O) groups excluding carboxylic acids is 1. The number of rotatable bonds is 5. The summed E-state index contributed by atoms with van der Waals surface area (Å²) in [6.07, 6.45) is 0. The lowest BCUT2D eigenvalue weighted by Crippen LogP contribution is -2.11. The molecule has 3 aromatic carbocycles. The molecule has 0 spiro atoms. The average Bonchev–Trinajstić information content (AvgIpc) is 3.01. The first-order valence-corrected chi connectivity index (χ1v) is 11.1. The van der Waals surface area contributed by atoms with E-state index in [1.54, 1.807) is 23.4 Å². The fourth-order valence-corrected chi connectivity index (χ4v) is 4.76. The summed E-state index contributed by atoms with van der Waals surface area (Å²) in [5.74, 6) is 0.636. The summed E-state index contributed by atoms with van der Waals surface area (Å²) in [5, 5.41) is 3.63. The normalized spacial score (nSPS) is 11.0. The number of benzene rings is 3. The SMILES string of the molecule is Cn1c(=O)sc2cc(NC(=O)c3ccc(CSc4ccc(Cl)cc4)cc3)ccc21. The van der Waals surface area contributed by atoms with Crippen molar-refractivity contribution in [3.8, 4) is 0 Å².